The van der Waals surface area contributed by atoms with Gasteiger partial charge in [0.05, 0.1) is 6.61 Å². The number of carbonyl (C=O) groups excluding carboxylic acids is 1. The van der Waals surface area contributed by atoms with Crippen molar-refractivity contribution in [2.45, 2.75) is 19.4 Å². The Kier molecular flexibility index (Phi) is 4.82. The van der Waals surface area contributed by atoms with Crippen molar-refractivity contribution < 1.29 is 9.53 Å². The minimum Gasteiger partial charge on any atom is -0.465 e. The van der Waals surface area contributed by atoms with E-state index >= 15 is 0 Å². The molecule has 0 bridgehead atoms. The molecule has 0 spiro atoms. The number of carbonyl (C=O) groups is 1. The Balaban J connectivity index is 2.16. The number of nitrogens with zero attached hydrogens (tertiary/aromatic N) is 1. The van der Waals surface area contributed by atoms with E-state index in [9.17, 15) is 4.79 Å². The summed E-state index contributed by atoms with van der Waals surface area (Å²) in [4.78, 5) is 11.6. The van der Waals surface area contributed by atoms with Crippen molar-refractivity contribution in [1.29, 1.82) is 0 Å². The number of benzene rings is 1. The summed E-state index contributed by atoms with van der Waals surface area (Å²) in [5, 5.41) is 0.686. The lowest BCUT2D eigenvalue weighted by atomic mass is 10.1. The molecule has 1 aromatic carbocycles. The second kappa shape index (κ2) is 6.59. The van der Waals surface area contributed by atoms with Crippen LogP contribution in [0.5, 0.6) is 0 Å². The second-order valence-corrected chi connectivity index (χ2v) is 4.85. The molecule has 2 N–H and O–H groups in total. The summed E-state index contributed by atoms with van der Waals surface area (Å²) in [6.45, 7) is 2.10. The van der Waals surface area contributed by atoms with E-state index in [1.165, 1.54) is 0 Å². The van der Waals surface area contributed by atoms with Gasteiger partial charge in [-0.3, -0.25) is 4.79 Å². The molecule has 0 saturated carbocycles. The first-order valence-corrected chi connectivity index (χ1v) is 6.84. The molecule has 5 heteroatoms. The lowest BCUT2D eigenvalue weighted by Gasteiger charge is -2.13. The number of esters is 1. The van der Waals surface area contributed by atoms with Gasteiger partial charge in [0.1, 0.15) is 6.04 Å². The Hall–Kier alpha value is -1.78. The van der Waals surface area contributed by atoms with Gasteiger partial charge in [-0.25, -0.2) is 0 Å². The van der Waals surface area contributed by atoms with Crippen molar-refractivity contribution in [3.05, 3.63) is 53.3 Å². The summed E-state index contributed by atoms with van der Waals surface area (Å²) in [5.74, 6) is -0.378. The monoisotopic (exact) mass is 292 g/mol. The second-order valence-electron chi connectivity index (χ2n) is 4.41. The van der Waals surface area contributed by atoms with E-state index in [4.69, 9.17) is 22.1 Å². The first-order chi connectivity index (χ1) is 9.61. The molecule has 1 unspecified atom stereocenters. The Morgan fingerprint density at radius 3 is 2.70 bits per heavy atom. The number of aromatic nitrogens is 1. The molecule has 1 heterocycles. The molecule has 0 radical (unpaired) electrons. The summed E-state index contributed by atoms with van der Waals surface area (Å²) >= 11 is 5.88. The number of hydrogen-bond donors (Lipinski definition) is 1. The number of hydrogen-bond acceptors (Lipinski definition) is 3. The minimum absolute atomic E-state index is 0.338. The Bertz CT molecular complexity index is 578. The maximum atomic E-state index is 11.6. The van der Waals surface area contributed by atoms with Crippen molar-refractivity contribution in [3.63, 3.8) is 0 Å². The van der Waals surface area contributed by atoms with E-state index in [2.05, 4.69) is 0 Å². The molecule has 0 aliphatic heterocycles. The van der Waals surface area contributed by atoms with Gasteiger partial charge >= 0.3 is 5.97 Å². The van der Waals surface area contributed by atoms with Crippen molar-refractivity contribution in [3.8, 4) is 5.69 Å². The fourth-order valence-electron chi connectivity index (χ4n) is 1.99. The van der Waals surface area contributed by atoms with Crippen molar-refractivity contribution in [2.24, 2.45) is 5.73 Å². The highest BCUT2D eigenvalue weighted by molar-refractivity contribution is 6.30. The molecule has 0 saturated heterocycles. The van der Waals surface area contributed by atoms with E-state index in [1.54, 1.807) is 6.92 Å². The molecular formula is C15H17ClN2O2. The first kappa shape index (κ1) is 14.6. The normalized spacial score (nSPS) is 12.2. The number of nitrogens with two attached hydrogens (primary N) is 1. The summed E-state index contributed by atoms with van der Waals surface area (Å²) in [7, 11) is 0. The molecule has 2 rings (SSSR count). The maximum Gasteiger partial charge on any atom is 0.323 e. The molecule has 4 nitrogen and oxygen atoms in total. The zero-order chi connectivity index (χ0) is 14.5. The highest BCUT2D eigenvalue weighted by atomic mass is 35.5. The molecular weight excluding hydrogens is 276 g/mol. The Morgan fingerprint density at radius 1 is 1.35 bits per heavy atom. The molecule has 20 heavy (non-hydrogen) atoms. The zero-order valence-corrected chi connectivity index (χ0v) is 12.0. The quantitative estimate of drug-likeness (QED) is 0.862. The van der Waals surface area contributed by atoms with E-state index in [0.717, 1.165) is 11.4 Å². The van der Waals surface area contributed by atoms with Crippen LogP contribution in [0.25, 0.3) is 5.69 Å². The standard InChI is InChI=1S/C15H17ClN2O2/c1-2-20-15(19)14(17)10-13-4-3-9-18(13)12-7-5-11(16)6-8-12/h3-9,14H,2,10,17H2,1H3. The fraction of sp³-hybridized carbons (Fsp3) is 0.267. The van der Waals surface area contributed by atoms with Gasteiger partial charge in [0, 0.05) is 29.0 Å². The summed E-state index contributed by atoms with van der Waals surface area (Å²) in [6.07, 6.45) is 2.35. The van der Waals surface area contributed by atoms with Gasteiger partial charge < -0.3 is 15.0 Å². The SMILES string of the molecule is CCOC(=O)C(N)Cc1cccn1-c1ccc(Cl)cc1. The highest BCUT2D eigenvalue weighted by Gasteiger charge is 2.17. The third-order valence-electron chi connectivity index (χ3n) is 2.96. The zero-order valence-electron chi connectivity index (χ0n) is 11.3. The van der Waals surface area contributed by atoms with Gasteiger partial charge in [0.2, 0.25) is 0 Å². The van der Waals surface area contributed by atoms with E-state index in [1.807, 2.05) is 47.2 Å². The van der Waals surface area contributed by atoms with Gasteiger partial charge in [-0.15, -0.1) is 0 Å². The van der Waals surface area contributed by atoms with Gasteiger partial charge in [-0.1, -0.05) is 11.6 Å². The fourth-order valence-corrected chi connectivity index (χ4v) is 2.12. The van der Waals surface area contributed by atoms with Crippen LogP contribution in [-0.4, -0.2) is 23.2 Å². The number of rotatable bonds is 5. The third kappa shape index (κ3) is 3.40. The van der Waals surface area contributed by atoms with Crippen LogP contribution in [0, 0.1) is 0 Å². The summed E-state index contributed by atoms with van der Waals surface area (Å²) in [5.41, 5.74) is 7.79. The topological polar surface area (TPSA) is 57.2 Å². The molecule has 0 aliphatic rings. The summed E-state index contributed by atoms with van der Waals surface area (Å²) < 4.78 is 6.90. The van der Waals surface area contributed by atoms with Crippen LogP contribution in [0.4, 0.5) is 0 Å². The molecule has 0 fully saturated rings. The molecule has 2 aromatic rings. The highest BCUT2D eigenvalue weighted by Crippen LogP contribution is 2.17. The predicted molar refractivity (Wildman–Crippen MR) is 79.1 cm³/mol. The first-order valence-electron chi connectivity index (χ1n) is 6.46. The molecule has 106 valence electrons. The van der Waals surface area contributed by atoms with Crippen LogP contribution in [0.3, 0.4) is 0 Å². The predicted octanol–water partition coefficient (Wildman–Crippen LogP) is 2.56. The van der Waals surface area contributed by atoms with E-state index in [0.29, 0.717) is 18.1 Å². The average molecular weight is 293 g/mol. The van der Waals surface area contributed by atoms with Gasteiger partial charge in [0.25, 0.3) is 0 Å². The van der Waals surface area contributed by atoms with Gasteiger partial charge in [-0.2, -0.15) is 0 Å². The third-order valence-corrected chi connectivity index (χ3v) is 3.21. The van der Waals surface area contributed by atoms with Crippen LogP contribution < -0.4 is 5.73 Å². The van der Waals surface area contributed by atoms with Crippen molar-refractivity contribution >= 4 is 17.6 Å². The van der Waals surface area contributed by atoms with Crippen LogP contribution in [-0.2, 0) is 16.0 Å². The molecule has 1 atom stereocenters. The smallest absolute Gasteiger partial charge is 0.323 e. The van der Waals surface area contributed by atoms with Crippen LogP contribution in [0.2, 0.25) is 5.02 Å². The number of ether oxygens (including phenoxy) is 1. The van der Waals surface area contributed by atoms with Gasteiger partial charge in [0.15, 0.2) is 0 Å². The largest absolute Gasteiger partial charge is 0.465 e. The Labute approximate surface area is 123 Å². The Morgan fingerprint density at radius 2 is 2.05 bits per heavy atom. The number of halogens is 1. The lowest BCUT2D eigenvalue weighted by Crippen LogP contribution is -2.34. The summed E-state index contributed by atoms with van der Waals surface area (Å²) in [6, 6.07) is 10.7. The lowest BCUT2D eigenvalue weighted by molar-refractivity contribution is -0.144. The molecule has 0 aliphatic carbocycles. The van der Waals surface area contributed by atoms with Crippen LogP contribution in [0.15, 0.2) is 42.6 Å². The van der Waals surface area contributed by atoms with Gasteiger partial charge in [-0.05, 0) is 43.3 Å². The van der Waals surface area contributed by atoms with E-state index < -0.39 is 6.04 Å². The minimum atomic E-state index is -0.657. The average Bonchev–Trinajstić information content (AvgIpc) is 2.88. The maximum absolute atomic E-state index is 11.6. The van der Waals surface area contributed by atoms with E-state index in [-0.39, 0.29) is 5.97 Å². The molecule has 1 aromatic heterocycles. The van der Waals surface area contributed by atoms with Crippen molar-refractivity contribution in [2.75, 3.05) is 6.61 Å². The van der Waals surface area contributed by atoms with Crippen molar-refractivity contribution in [1.82, 2.24) is 4.57 Å². The van der Waals surface area contributed by atoms with Crippen LogP contribution in [0.1, 0.15) is 12.6 Å². The van der Waals surface area contributed by atoms with Crippen LogP contribution >= 0.6 is 11.6 Å². The molecule has 0 amide bonds.